The molecule has 4 heteroatoms. The van der Waals surface area contributed by atoms with Crippen molar-refractivity contribution in [1.29, 1.82) is 0 Å². The molecule has 0 spiro atoms. The molecule has 0 aliphatic carbocycles. The van der Waals surface area contributed by atoms with Gasteiger partial charge in [-0.05, 0) is 38.6 Å². The van der Waals surface area contributed by atoms with E-state index in [-0.39, 0.29) is 11.4 Å². The van der Waals surface area contributed by atoms with Gasteiger partial charge in [0, 0.05) is 18.2 Å². The van der Waals surface area contributed by atoms with Crippen LogP contribution < -0.4 is 0 Å². The summed E-state index contributed by atoms with van der Waals surface area (Å²) in [5.41, 5.74) is 0.548. The number of hydrogen-bond donors (Lipinski definition) is 1. The number of halogens is 1. The van der Waals surface area contributed by atoms with Crippen LogP contribution in [0.5, 0.6) is 0 Å². The standard InChI is InChI=1S/C13H18FNO2/c1-4-9(2)15(3)8-11-7-10(13(16)17)5-6-12(11)14/h5-7,9H,4,8H2,1-3H3,(H,16,17). The fourth-order valence-electron chi connectivity index (χ4n) is 1.57. The number of aromatic carboxylic acids is 1. The van der Waals surface area contributed by atoms with Crippen LogP contribution in [0.1, 0.15) is 36.2 Å². The van der Waals surface area contributed by atoms with Crippen molar-refractivity contribution in [2.45, 2.75) is 32.9 Å². The Hall–Kier alpha value is -1.42. The van der Waals surface area contributed by atoms with Crippen LogP contribution >= 0.6 is 0 Å². The van der Waals surface area contributed by atoms with Crippen molar-refractivity contribution in [1.82, 2.24) is 4.90 Å². The van der Waals surface area contributed by atoms with Crippen molar-refractivity contribution in [2.75, 3.05) is 7.05 Å². The fourth-order valence-corrected chi connectivity index (χ4v) is 1.57. The SMILES string of the molecule is CCC(C)N(C)Cc1cc(C(=O)O)ccc1F. The highest BCUT2D eigenvalue weighted by atomic mass is 19.1. The van der Waals surface area contributed by atoms with Crippen molar-refractivity contribution < 1.29 is 14.3 Å². The zero-order valence-electron chi connectivity index (χ0n) is 10.4. The minimum atomic E-state index is -1.03. The van der Waals surface area contributed by atoms with Crippen LogP contribution in [0.25, 0.3) is 0 Å². The summed E-state index contributed by atoms with van der Waals surface area (Å²) in [4.78, 5) is 12.8. The Morgan fingerprint density at radius 2 is 2.18 bits per heavy atom. The number of benzene rings is 1. The highest BCUT2D eigenvalue weighted by Gasteiger charge is 2.12. The van der Waals surface area contributed by atoms with Crippen molar-refractivity contribution in [2.24, 2.45) is 0 Å². The number of carbonyl (C=O) groups is 1. The van der Waals surface area contributed by atoms with Gasteiger partial charge >= 0.3 is 5.97 Å². The topological polar surface area (TPSA) is 40.5 Å². The lowest BCUT2D eigenvalue weighted by molar-refractivity contribution is 0.0696. The first-order valence-corrected chi connectivity index (χ1v) is 5.67. The molecule has 3 nitrogen and oxygen atoms in total. The predicted molar refractivity (Wildman–Crippen MR) is 64.6 cm³/mol. The second-order valence-electron chi connectivity index (χ2n) is 4.28. The van der Waals surface area contributed by atoms with E-state index in [1.54, 1.807) is 0 Å². The Balaban J connectivity index is 2.89. The van der Waals surface area contributed by atoms with E-state index in [0.717, 1.165) is 6.42 Å². The quantitative estimate of drug-likeness (QED) is 0.859. The van der Waals surface area contributed by atoms with E-state index in [0.29, 0.717) is 18.2 Å². The van der Waals surface area contributed by atoms with Crippen LogP contribution in [0.4, 0.5) is 4.39 Å². The van der Waals surface area contributed by atoms with Gasteiger partial charge in [-0.1, -0.05) is 6.92 Å². The van der Waals surface area contributed by atoms with Crippen molar-refractivity contribution in [3.63, 3.8) is 0 Å². The molecule has 0 fully saturated rings. The molecule has 1 rings (SSSR count). The summed E-state index contributed by atoms with van der Waals surface area (Å²) in [5.74, 6) is -1.39. The lowest BCUT2D eigenvalue weighted by Gasteiger charge is -2.23. The lowest BCUT2D eigenvalue weighted by Crippen LogP contribution is -2.28. The maximum Gasteiger partial charge on any atom is 0.335 e. The number of rotatable bonds is 5. The van der Waals surface area contributed by atoms with Crippen LogP contribution in [-0.4, -0.2) is 29.1 Å². The molecular weight excluding hydrogens is 221 g/mol. The monoisotopic (exact) mass is 239 g/mol. The lowest BCUT2D eigenvalue weighted by atomic mass is 10.1. The summed E-state index contributed by atoms with van der Waals surface area (Å²) in [6.07, 6.45) is 0.969. The normalized spacial score (nSPS) is 12.8. The van der Waals surface area contributed by atoms with Gasteiger partial charge in [-0.3, -0.25) is 4.90 Å². The average molecular weight is 239 g/mol. The first-order valence-electron chi connectivity index (χ1n) is 5.67. The van der Waals surface area contributed by atoms with E-state index in [1.165, 1.54) is 18.2 Å². The predicted octanol–water partition coefficient (Wildman–Crippen LogP) is 2.75. The molecule has 1 aromatic rings. The maximum atomic E-state index is 13.5. The molecule has 0 amide bonds. The highest BCUT2D eigenvalue weighted by molar-refractivity contribution is 5.87. The Kier molecular flexibility index (Phi) is 4.63. The molecule has 0 aromatic heterocycles. The average Bonchev–Trinajstić information content (AvgIpc) is 2.30. The van der Waals surface area contributed by atoms with E-state index in [1.807, 2.05) is 11.9 Å². The number of carboxylic acids is 1. The summed E-state index contributed by atoms with van der Waals surface area (Å²) in [7, 11) is 1.90. The first kappa shape index (κ1) is 13.6. The highest BCUT2D eigenvalue weighted by Crippen LogP contribution is 2.14. The second kappa shape index (κ2) is 5.77. The van der Waals surface area contributed by atoms with Gasteiger partial charge in [0.25, 0.3) is 0 Å². The van der Waals surface area contributed by atoms with Gasteiger partial charge in [0.05, 0.1) is 5.56 Å². The molecule has 1 unspecified atom stereocenters. The minimum Gasteiger partial charge on any atom is -0.478 e. The summed E-state index contributed by atoms with van der Waals surface area (Å²) in [5, 5.41) is 8.85. The van der Waals surface area contributed by atoms with E-state index >= 15 is 0 Å². The van der Waals surface area contributed by atoms with Gasteiger partial charge in [0.2, 0.25) is 0 Å². The van der Waals surface area contributed by atoms with E-state index in [4.69, 9.17) is 5.11 Å². The van der Waals surface area contributed by atoms with Gasteiger partial charge in [-0.25, -0.2) is 9.18 Å². The molecule has 1 N–H and O–H groups in total. The number of hydrogen-bond acceptors (Lipinski definition) is 2. The minimum absolute atomic E-state index is 0.124. The molecule has 0 aliphatic heterocycles. The Bertz CT molecular complexity index is 406. The third-order valence-electron chi connectivity index (χ3n) is 3.06. The van der Waals surface area contributed by atoms with Gasteiger partial charge in [0.1, 0.15) is 5.82 Å². The summed E-state index contributed by atoms with van der Waals surface area (Å²) in [6, 6.07) is 4.23. The molecule has 1 atom stereocenters. The zero-order chi connectivity index (χ0) is 13.0. The molecule has 0 aliphatic rings. The van der Waals surface area contributed by atoms with Crippen LogP contribution in [-0.2, 0) is 6.54 Å². The first-order chi connectivity index (χ1) is 7.95. The zero-order valence-corrected chi connectivity index (χ0v) is 10.4. The molecular formula is C13H18FNO2. The molecule has 0 saturated carbocycles. The van der Waals surface area contributed by atoms with Crippen molar-refractivity contribution in [3.8, 4) is 0 Å². The second-order valence-corrected chi connectivity index (χ2v) is 4.28. The number of carboxylic acid groups (broad SMARTS) is 1. The molecule has 0 radical (unpaired) electrons. The number of nitrogens with zero attached hydrogens (tertiary/aromatic N) is 1. The van der Waals surface area contributed by atoms with Gasteiger partial charge in [-0.2, -0.15) is 0 Å². The van der Waals surface area contributed by atoms with Gasteiger partial charge < -0.3 is 5.11 Å². The van der Waals surface area contributed by atoms with Crippen molar-refractivity contribution in [3.05, 3.63) is 35.1 Å². The van der Waals surface area contributed by atoms with Gasteiger partial charge in [0.15, 0.2) is 0 Å². The fraction of sp³-hybridized carbons (Fsp3) is 0.462. The largest absolute Gasteiger partial charge is 0.478 e. The third kappa shape index (κ3) is 3.53. The molecule has 94 valence electrons. The summed E-state index contributed by atoms with van der Waals surface area (Å²) in [6.45, 7) is 4.53. The Morgan fingerprint density at radius 1 is 1.53 bits per heavy atom. The summed E-state index contributed by atoms with van der Waals surface area (Å²) < 4.78 is 13.5. The van der Waals surface area contributed by atoms with Crippen LogP contribution in [0.2, 0.25) is 0 Å². The molecule has 0 heterocycles. The third-order valence-corrected chi connectivity index (χ3v) is 3.06. The Labute approximate surface area is 101 Å². The van der Waals surface area contributed by atoms with Crippen LogP contribution in [0.3, 0.4) is 0 Å². The van der Waals surface area contributed by atoms with Crippen LogP contribution in [0.15, 0.2) is 18.2 Å². The van der Waals surface area contributed by atoms with E-state index in [9.17, 15) is 9.18 Å². The molecule has 0 saturated heterocycles. The summed E-state index contributed by atoms with van der Waals surface area (Å²) >= 11 is 0. The maximum absolute atomic E-state index is 13.5. The smallest absolute Gasteiger partial charge is 0.335 e. The van der Waals surface area contributed by atoms with Crippen molar-refractivity contribution >= 4 is 5.97 Å². The Morgan fingerprint density at radius 3 is 2.71 bits per heavy atom. The van der Waals surface area contributed by atoms with Crippen LogP contribution in [0, 0.1) is 5.82 Å². The van der Waals surface area contributed by atoms with E-state index in [2.05, 4.69) is 13.8 Å². The molecule has 1 aromatic carbocycles. The van der Waals surface area contributed by atoms with Gasteiger partial charge in [-0.15, -0.1) is 0 Å². The molecule has 0 bridgehead atoms. The van der Waals surface area contributed by atoms with E-state index < -0.39 is 5.97 Å². The molecule has 17 heavy (non-hydrogen) atoms.